The van der Waals surface area contributed by atoms with Gasteiger partial charge in [-0.2, -0.15) is 0 Å². The summed E-state index contributed by atoms with van der Waals surface area (Å²) in [4.78, 5) is 2.49. The maximum absolute atomic E-state index is 6.46. The molecule has 3 unspecified atom stereocenters. The summed E-state index contributed by atoms with van der Waals surface area (Å²) in [5.74, 6) is 0.806. The number of nitrogens with zero attached hydrogens (tertiary/aromatic N) is 1. The van der Waals surface area contributed by atoms with Crippen LogP contribution in [0.4, 0.5) is 0 Å². The van der Waals surface area contributed by atoms with Gasteiger partial charge in [-0.15, -0.1) is 0 Å². The highest BCUT2D eigenvalue weighted by atomic mass is 15.1. The van der Waals surface area contributed by atoms with Crippen LogP contribution in [0.2, 0.25) is 0 Å². The summed E-state index contributed by atoms with van der Waals surface area (Å²) in [6, 6.07) is 7.44. The van der Waals surface area contributed by atoms with Crippen molar-refractivity contribution in [3.8, 4) is 0 Å². The molecule has 0 amide bonds. The van der Waals surface area contributed by atoms with E-state index < -0.39 is 0 Å². The third-order valence-corrected chi connectivity index (χ3v) is 4.94. The van der Waals surface area contributed by atoms with Gasteiger partial charge >= 0.3 is 0 Å². The van der Waals surface area contributed by atoms with Gasteiger partial charge in [-0.3, -0.25) is 0 Å². The molecule has 1 aliphatic carbocycles. The van der Waals surface area contributed by atoms with Crippen molar-refractivity contribution < 1.29 is 0 Å². The third-order valence-electron chi connectivity index (χ3n) is 4.94. The van der Waals surface area contributed by atoms with Crippen molar-refractivity contribution in [2.24, 2.45) is 11.7 Å². The molecule has 0 aromatic heterocycles. The Morgan fingerprint density at radius 3 is 2.60 bits per heavy atom. The first kappa shape index (κ1) is 15.5. The molecule has 0 radical (unpaired) electrons. The highest BCUT2D eigenvalue weighted by Crippen LogP contribution is 2.28. The predicted molar refractivity (Wildman–Crippen MR) is 86.9 cm³/mol. The Labute approximate surface area is 124 Å². The van der Waals surface area contributed by atoms with Crippen molar-refractivity contribution in [2.75, 3.05) is 13.6 Å². The number of likely N-dealkylation sites (N-methyl/N-ethyl adjacent to an activating group) is 1. The maximum atomic E-state index is 6.46. The van der Waals surface area contributed by atoms with Crippen molar-refractivity contribution in [1.29, 1.82) is 0 Å². The number of aryl methyl sites for hydroxylation is 2. The Hall–Kier alpha value is -0.860. The van der Waals surface area contributed by atoms with Gasteiger partial charge in [0.15, 0.2) is 0 Å². The van der Waals surface area contributed by atoms with Gasteiger partial charge < -0.3 is 10.6 Å². The van der Waals surface area contributed by atoms with Gasteiger partial charge in [0.2, 0.25) is 0 Å². The molecule has 2 heteroatoms. The molecule has 0 heterocycles. The minimum absolute atomic E-state index is 0.120. The van der Waals surface area contributed by atoms with Crippen molar-refractivity contribution >= 4 is 0 Å². The van der Waals surface area contributed by atoms with Crippen LogP contribution in [-0.4, -0.2) is 24.5 Å². The SMILES string of the molecule is Cc1ccc(C(N)CN(C)C2CCCCC2C)c(C)c1. The second-order valence-corrected chi connectivity index (χ2v) is 6.74. The summed E-state index contributed by atoms with van der Waals surface area (Å²) in [6.45, 7) is 7.66. The summed E-state index contributed by atoms with van der Waals surface area (Å²) in [5, 5.41) is 0. The third kappa shape index (κ3) is 3.62. The molecule has 20 heavy (non-hydrogen) atoms. The van der Waals surface area contributed by atoms with Gasteiger partial charge in [-0.05, 0) is 50.8 Å². The lowest BCUT2D eigenvalue weighted by atomic mass is 9.85. The molecular formula is C18H30N2. The van der Waals surface area contributed by atoms with Crippen molar-refractivity contribution in [1.82, 2.24) is 4.90 Å². The fraction of sp³-hybridized carbons (Fsp3) is 0.667. The number of hydrogen-bond acceptors (Lipinski definition) is 2. The molecule has 0 spiro atoms. The minimum atomic E-state index is 0.120. The molecule has 112 valence electrons. The average Bonchev–Trinajstić information content (AvgIpc) is 2.38. The standard InChI is InChI=1S/C18H30N2/c1-13-9-10-16(15(3)11-13)17(19)12-20(4)18-8-6-5-7-14(18)2/h9-11,14,17-18H,5-8,12,19H2,1-4H3. The van der Waals surface area contributed by atoms with Crippen LogP contribution in [-0.2, 0) is 0 Å². The van der Waals surface area contributed by atoms with Crippen molar-refractivity contribution in [3.05, 3.63) is 34.9 Å². The summed E-state index contributed by atoms with van der Waals surface area (Å²) in [7, 11) is 2.25. The number of rotatable bonds is 4. The van der Waals surface area contributed by atoms with E-state index >= 15 is 0 Å². The molecule has 1 saturated carbocycles. The Kier molecular flexibility index (Phi) is 5.22. The molecule has 0 aliphatic heterocycles. The Morgan fingerprint density at radius 1 is 1.25 bits per heavy atom. The summed E-state index contributed by atoms with van der Waals surface area (Å²) >= 11 is 0. The zero-order chi connectivity index (χ0) is 14.7. The maximum Gasteiger partial charge on any atom is 0.0426 e. The molecule has 2 rings (SSSR count). The van der Waals surface area contributed by atoms with E-state index in [0.29, 0.717) is 6.04 Å². The Bertz CT molecular complexity index is 441. The molecule has 2 nitrogen and oxygen atoms in total. The smallest absolute Gasteiger partial charge is 0.0426 e. The molecule has 1 aromatic carbocycles. The lowest BCUT2D eigenvalue weighted by molar-refractivity contribution is 0.133. The fourth-order valence-electron chi connectivity index (χ4n) is 3.74. The van der Waals surface area contributed by atoms with E-state index in [-0.39, 0.29) is 6.04 Å². The predicted octanol–water partition coefficient (Wildman–Crippen LogP) is 3.81. The van der Waals surface area contributed by atoms with E-state index in [0.717, 1.165) is 12.5 Å². The lowest BCUT2D eigenvalue weighted by Gasteiger charge is -2.37. The van der Waals surface area contributed by atoms with E-state index in [1.165, 1.54) is 42.4 Å². The van der Waals surface area contributed by atoms with E-state index in [2.05, 4.69) is 50.9 Å². The van der Waals surface area contributed by atoms with Crippen molar-refractivity contribution in [3.63, 3.8) is 0 Å². The van der Waals surface area contributed by atoms with Crippen LogP contribution >= 0.6 is 0 Å². The number of nitrogens with two attached hydrogens (primary N) is 1. The molecule has 3 atom stereocenters. The minimum Gasteiger partial charge on any atom is -0.323 e. The number of benzene rings is 1. The molecular weight excluding hydrogens is 244 g/mol. The van der Waals surface area contributed by atoms with E-state index in [1.807, 2.05) is 0 Å². The van der Waals surface area contributed by atoms with Crippen LogP contribution < -0.4 is 5.73 Å². The monoisotopic (exact) mass is 274 g/mol. The summed E-state index contributed by atoms with van der Waals surface area (Å²) in [6.07, 6.45) is 5.47. The highest BCUT2D eigenvalue weighted by Gasteiger charge is 2.26. The Morgan fingerprint density at radius 2 is 1.95 bits per heavy atom. The van der Waals surface area contributed by atoms with Crippen LogP contribution in [0.3, 0.4) is 0 Å². The molecule has 2 N–H and O–H groups in total. The second kappa shape index (κ2) is 6.73. The highest BCUT2D eigenvalue weighted by molar-refractivity contribution is 5.32. The first-order valence-corrected chi connectivity index (χ1v) is 8.02. The van der Waals surface area contributed by atoms with Gasteiger partial charge in [-0.25, -0.2) is 0 Å². The topological polar surface area (TPSA) is 29.3 Å². The lowest BCUT2D eigenvalue weighted by Crippen LogP contribution is -2.42. The molecule has 1 fully saturated rings. The van der Waals surface area contributed by atoms with E-state index in [4.69, 9.17) is 5.73 Å². The van der Waals surface area contributed by atoms with Gasteiger partial charge in [0.1, 0.15) is 0 Å². The van der Waals surface area contributed by atoms with Gasteiger partial charge in [-0.1, -0.05) is 43.5 Å². The van der Waals surface area contributed by atoms with Crippen LogP contribution in [0.5, 0.6) is 0 Å². The number of hydrogen-bond donors (Lipinski definition) is 1. The van der Waals surface area contributed by atoms with E-state index in [9.17, 15) is 0 Å². The Balaban J connectivity index is 2.01. The van der Waals surface area contributed by atoms with Crippen LogP contribution in [0, 0.1) is 19.8 Å². The van der Waals surface area contributed by atoms with Crippen LogP contribution in [0.15, 0.2) is 18.2 Å². The van der Waals surface area contributed by atoms with Crippen LogP contribution in [0.25, 0.3) is 0 Å². The van der Waals surface area contributed by atoms with Crippen LogP contribution in [0.1, 0.15) is 55.3 Å². The zero-order valence-corrected chi connectivity index (χ0v) is 13.5. The second-order valence-electron chi connectivity index (χ2n) is 6.74. The first-order valence-electron chi connectivity index (χ1n) is 8.02. The summed E-state index contributed by atoms with van der Waals surface area (Å²) < 4.78 is 0. The molecule has 1 aliphatic rings. The van der Waals surface area contributed by atoms with Gasteiger partial charge in [0.25, 0.3) is 0 Å². The zero-order valence-electron chi connectivity index (χ0n) is 13.5. The molecule has 1 aromatic rings. The average molecular weight is 274 g/mol. The van der Waals surface area contributed by atoms with Gasteiger partial charge in [0.05, 0.1) is 0 Å². The first-order chi connectivity index (χ1) is 9.49. The normalized spacial score (nSPS) is 24.9. The molecule has 0 saturated heterocycles. The largest absolute Gasteiger partial charge is 0.323 e. The fourth-order valence-corrected chi connectivity index (χ4v) is 3.74. The van der Waals surface area contributed by atoms with E-state index in [1.54, 1.807) is 0 Å². The quantitative estimate of drug-likeness (QED) is 0.904. The van der Waals surface area contributed by atoms with Crippen molar-refractivity contribution in [2.45, 2.75) is 58.5 Å². The van der Waals surface area contributed by atoms with Gasteiger partial charge in [0, 0.05) is 18.6 Å². The summed E-state index contributed by atoms with van der Waals surface area (Å²) in [5.41, 5.74) is 10.4. The molecule has 0 bridgehead atoms.